The fraction of sp³-hybridized carbons (Fsp3) is 0.364. The maximum absolute atomic E-state index is 6.16. The third kappa shape index (κ3) is 0.930. The smallest absolute Gasteiger partial charge is 0.133 e. The monoisotopic (exact) mass is 187 g/mol. The molecule has 2 N–H and O–H groups in total. The predicted molar refractivity (Wildman–Crippen MR) is 55.0 cm³/mol. The minimum absolute atomic E-state index is 0.154. The molecule has 2 aromatic rings. The van der Waals surface area contributed by atoms with E-state index in [0.29, 0.717) is 0 Å². The van der Waals surface area contributed by atoms with Crippen LogP contribution in [0.3, 0.4) is 0 Å². The first-order valence-corrected chi connectivity index (χ1v) is 4.93. The molecule has 0 saturated heterocycles. The number of hydrogen-bond donors (Lipinski definition) is 1. The van der Waals surface area contributed by atoms with E-state index in [-0.39, 0.29) is 5.54 Å². The van der Waals surface area contributed by atoms with Crippen LogP contribution in [0.4, 0.5) is 0 Å². The summed E-state index contributed by atoms with van der Waals surface area (Å²) in [5, 5.41) is 0. The quantitative estimate of drug-likeness (QED) is 0.736. The lowest BCUT2D eigenvalue weighted by atomic mass is 10.2. The van der Waals surface area contributed by atoms with Crippen molar-refractivity contribution >= 4 is 5.52 Å². The predicted octanol–water partition coefficient (Wildman–Crippen LogP) is 1.59. The molecule has 0 aliphatic heterocycles. The normalized spacial score (nSPS) is 18.7. The Kier molecular flexibility index (Phi) is 1.35. The molecule has 0 spiro atoms. The summed E-state index contributed by atoms with van der Waals surface area (Å²) < 4.78 is 2.16. The maximum Gasteiger partial charge on any atom is 0.133 e. The van der Waals surface area contributed by atoms with Gasteiger partial charge in [0.2, 0.25) is 0 Å². The van der Waals surface area contributed by atoms with E-state index in [2.05, 4.69) is 28.4 Å². The van der Waals surface area contributed by atoms with Gasteiger partial charge >= 0.3 is 0 Å². The van der Waals surface area contributed by atoms with Crippen molar-refractivity contribution in [1.82, 2.24) is 9.38 Å². The number of hydrogen-bond acceptors (Lipinski definition) is 2. The molecule has 0 unspecified atom stereocenters. The zero-order chi connectivity index (χ0) is 9.76. The van der Waals surface area contributed by atoms with Crippen LogP contribution in [0.2, 0.25) is 0 Å². The first-order chi connectivity index (χ1) is 6.71. The number of nitrogens with zero attached hydrogens (tertiary/aromatic N) is 2. The molecule has 0 amide bonds. The molecule has 14 heavy (non-hydrogen) atoms. The molecule has 2 aromatic heterocycles. The Hall–Kier alpha value is -1.35. The van der Waals surface area contributed by atoms with E-state index < -0.39 is 0 Å². The summed E-state index contributed by atoms with van der Waals surface area (Å²) in [6, 6.07) is 6.20. The Morgan fingerprint density at radius 3 is 2.93 bits per heavy atom. The summed E-state index contributed by atoms with van der Waals surface area (Å²) >= 11 is 0. The van der Waals surface area contributed by atoms with Crippen molar-refractivity contribution in [2.45, 2.75) is 25.3 Å². The van der Waals surface area contributed by atoms with E-state index in [4.69, 9.17) is 5.73 Å². The first kappa shape index (κ1) is 8.00. The highest BCUT2D eigenvalue weighted by Crippen LogP contribution is 2.42. The molecule has 0 bridgehead atoms. The number of nitrogens with two attached hydrogens (primary N) is 1. The summed E-state index contributed by atoms with van der Waals surface area (Å²) in [4.78, 5) is 4.43. The van der Waals surface area contributed by atoms with E-state index >= 15 is 0 Å². The number of rotatable bonds is 1. The van der Waals surface area contributed by atoms with Crippen LogP contribution < -0.4 is 5.73 Å². The van der Waals surface area contributed by atoms with Crippen molar-refractivity contribution in [1.29, 1.82) is 0 Å². The lowest BCUT2D eigenvalue weighted by Crippen LogP contribution is -2.22. The van der Waals surface area contributed by atoms with Gasteiger partial charge in [-0.3, -0.25) is 4.40 Å². The number of aromatic nitrogens is 2. The van der Waals surface area contributed by atoms with E-state index in [1.807, 2.05) is 12.3 Å². The molecule has 0 radical (unpaired) electrons. The lowest BCUT2D eigenvalue weighted by Gasteiger charge is -2.09. The van der Waals surface area contributed by atoms with Gasteiger partial charge < -0.3 is 5.73 Å². The molecule has 3 heteroatoms. The summed E-state index contributed by atoms with van der Waals surface area (Å²) in [5.74, 6) is 1.02. The Bertz CT molecular complexity index is 494. The molecule has 2 heterocycles. The van der Waals surface area contributed by atoms with Crippen LogP contribution in [0.1, 0.15) is 24.4 Å². The zero-order valence-corrected chi connectivity index (χ0v) is 8.20. The van der Waals surface area contributed by atoms with Crippen LogP contribution >= 0.6 is 0 Å². The van der Waals surface area contributed by atoms with Gasteiger partial charge in [-0.05, 0) is 31.9 Å². The molecule has 0 aromatic carbocycles. The highest BCUT2D eigenvalue weighted by molar-refractivity contribution is 5.48. The highest BCUT2D eigenvalue weighted by Gasteiger charge is 2.43. The summed E-state index contributed by atoms with van der Waals surface area (Å²) in [6.45, 7) is 2.09. The summed E-state index contributed by atoms with van der Waals surface area (Å²) in [7, 11) is 0. The molecular formula is C11H13N3. The Labute approximate surface area is 82.6 Å². The molecular weight excluding hydrogens is 174 g/mol. The molecule has 1 fully saturated rings. The van der Waals surface area contributed by atoms with Crippen molar-refractivity contribution < 1.29 is 0 Å². The number of aryl methyl sites for hydroxylation is 1. The summed E-state index contributed by atoms with van der Waals surface area (Å²) in [5.41, 5.74) is 8.35. The van der Waals surface area contributed by atoms with E-state index in [0.717, 1.165) is 24.2 Å². The van der Waals surface area contributed by atoms with Crippen molar-refractivity contribution in [2.24, 2.45) is 5.73 Å². The van der Waals surface area contributed by atoms with Gasteiger partial charge in [0.05, 0.1) is 17.3 Å². The molecule has 72 valence electrons. The zero-order valence-electron chi connectivity index (χ0n) is 8.20. The third-order valence-corrected chi connectivity index (χ3v) is 2.98. The second kappa shape index (κ2) is 2.36. The molecule has 1 aliphatic carbocycles. The van der Waals surface area contributed by atoms with Crippen LogP contribution in [0.15, 0.2) is 24.4 Å². The van der Waals surface area contributed by atoms with Gasteiger partial charge in [-0.15, -0.1) is 0 Å². The fourth-order valence-electron chi connectivity index (χ4n) is 1.92. The fourth-order valence-corrected chi connectivity index (χ4v) is 1.92. The van der Waals surface area contributed by atoms with Gasteiger partial charge in [-0.2, -0.15) is 0 Å². The molecule has 0 atom stereocenters. The second-order valence-corrected chi connectivity index (χ2v) is 4.17. The van der Waals surface area contributed by atoms with E-state index in [1.54, 1.807) is 0 Å². The SMILES string of the molecule is Cc1cccc2cnc(C3(N)CC3)n12. The van der Waals surface area contributed by atoms with Gasteiger partial charge in [0.15, 0.2) is 0 Å². The van der Waals surface area contributed by atoms with Crippen LogP contribution in [0, 0.1) is 6.92 Å². The van der Waals surface area contributed by atoms with Gasteiger partial charge in [0.1, 0.15) is 5.82 Å². The minimum Gasteiger partial charge on any atom is -0.319 e. The Balaban J connectivity index is 2.35. The summed E-state index contributed by atoms with van der Waals surface area (Å²) in [6.07, 6.45) is 4.01. The number of fused-ring (bicyclic) bond motifs is 1. The van der Waals surface area contributed by atoms with Gasteiger partial charge in [0, 0.05) is 5.69 Å². The topological polar surface area (TPSA) is 43.3 Å². The van der Waals surface area contributed by atoms with E-state index in [1.165, 1.54) is 5.69 Å². The van der Waals surface area contributed by atoms with Crippen LogP contribution in [0.25, 0.3) is 5.52 Å². The maximum atomic E-state index is 6.16. The van der Waals surface area contributed by atoms with Gasteiger partial charge in [-0.25, -0.2) is 4.98 Å². The number of imidazole rings is 1. The van der Waals surface area contributed by atoms with Crippen LogP contribution in [-0.4, -0.2) is 9.38 Å². The first-order valence-electron chi connectivity index (χ1n) is 4.93. The van der Waals surface area contributed by atoms with Crippen molar-refractivity contribution in [3.05, 3.63) is 35.9 Å². The van der Waals surface area contributed by atoms with Crippen LogP contribution in [-0.2, 0) is 5.54 Å². The lowest BCUT2D eigenvalue weighted by molar-refractivity contribution is 0.664. The van der Waals surface area contributed by atoms with Crippen molar-refractivity contribution in [3.63, 3.8) is 0 Å². The van der Waals surface area contributed by atoms with Crippen molar-refractivity contribution in [3.8, 4) is 0 Å². The minimum atomic E-state index is -0.154. The van der Waals surface area contributed by atoms with Gasteiger partial charge in [0.25, 0.3) is 0 Å². The number of pyridine rings is 1. The van der Waals surface area contributed by atoms with E-state index in [9.17, 15) is 0 Å². The third-order valence-electron chi connectivity index (χ3n) is 2.98. The van der Waals surface area contributed by atoms with Crippen molar-refractivity contribution in [2.75, 3.05) is 0 Å². The molecule has 3 rings (SSSR count). The molecule has 1 aliphatic rings. The Morgan fingerprint density at radius 1 is 1.43 bits per heavy atom. The molecule has 1 saturated carbocycles. The van der Waals surface area contributed by atoms with Gasteiger partial charge in [-0.1, -0.05) is 6.07 Å². The Morgan fingerprint density at radius 2 is 2.21 bits per heavy atom. The standard InChI is InChI=1S/C11H13N3/c1-8-3-2-4-9-7-13-10(14(8)9)11(12)5-6-11/h2-4,7H,5-6,12H2,1H3. The molecule has 3 nitrogen and oxygen atoms in total. The largest absolute Gasteiger partial charge is 0.319 e. The van der Waals surface area contributed by atoms with Crippen LogP contribution in [0.5, 0.6) is 0 Å². The average Bonchev–Trinajstić information content (AvgIpc) is 2.77. The highest BCUT2D eigenvalue weighted by atomic mass is 15.1. The second-order valence-electron chi connectivity index (χ2n) is 4.17. The average molecular weight is 187 g/mol.